The molecule has 206 valence electrons. The molecule has 5 N–H and O–H groups in total. The second-order valence-electron chi connectivity index (χ2n) is 10.9. The molecule has 2 aromatic rings. The van der Waals surface area contributed by atoms with E-state index < -0.39 is 53.5 Å². The molecule has 0 aliphatic rings. The van der Waals surface area contributed by atoms with Crippen molar-refractivity contribution in [2.45, 2.75) is 77.7 Å². The highest BCUT2D eigenvalue weighted by molar-refractivity contribution is 5.95. The highest BCUT2D eigenvalue weighted by Crippen LogP contribution is 2.34. The summed E-state index contributed by atoms with van der Waals surface area (Å²) >= 11 is 0. The van der Waals surface area contributed by atoms with Crippen molar-refractivity contribution in [2.24, 2.45) is 5.73 Å². The van der Waals surface area contributed by atoms with Crippen LogP contribution in [0.4, 0.5) is 4.79 Å². The fraction of sp³-hybridized carbons (Fsp3) is 0.429. The van der Waals surface area contributed by atoms with Gasteiger partial charge in [0.05, 0.1) is 6.42 Å². The van der Waals surface area contributed by atoms with Gasteiger partial charge in [0.2, 0.25) is 17.7 Å². The molecule has 0 spiro atoms. The molecular formula is C28H38N4O6. The lowest BCUT2D eigenvalue weighted by Crippen LogP contribution is -2.59. The normalized spacial score (nSPS) is 13.1. The van der Waals surface area contributed by atoms with Gasteiger partial charge < -0.3 is 31.1 Å². The number of phenolic OH excluding ortho intramolecular Hbond substituents is 1. The Labute approximate surface area is 223 Å². The van der Waals surface area contributed by atoms with Crippen LogP contribution >= 0.6 is 0 Å². The van der Waals surface area contributed by atoms with Crippen molar-refractivity contribution in [1.29, 1.82) is 0 Å². The van der Waals surface area contributed by atoms with Gasteiger partial charge in [0.15, 0.2) is 0 Å². The summed E-state index contributed by atoms with van der Waals surface area (Å²) in [4.78, 5) is 53.4. The second kappa shape index (κ2) is 12.4. The number of nitrogens with zero attached hydrogens (tertiary/aromatic N) is 1. The highest BCUT2D eigenvalue weighted by Gasteiger charge is 2.43. The molecule has 0 aliphatic heterocycles. The summed E-state index contributed by atoms with van der Waals surface area (Å²) < 4.78 is 5.27. The number of benzene rings is 2. The van der Waals surface area contributed by atoms with Gasteiger partial charge in [0.1, 0.15) is 23.4 Å². The lowest BCUT2D eigenvalue weighted by Gasteiger charge is -2.43. The zero-order chi connectivity index (χ0) is 28.7. The van der Waals surface area contributed by atoms with Crippen molar-refractivity contribution in [3.8, 4) is 5.75 Å². The summed E-state index contributed by atoms with van der Waals surface area (Å²) in [5.41, 5.74) is 4.56. The van der Waals surface area contributed by atoms with E-state index in [0.29, 0.717) is 0 Å². The predicted octanol–water partition coefficient (Wildman–Crippen LogP) is 3.15. The number of para-hydroxylation sites is 1. The molecule has 0 heterocycles. The van der Waals surface area contributed by atoms with E-state index in [1.165, 1.54) is 11.0 Å². The van der Waals surface area contributed by atoms with Gasteiger partial charge in [-0.2, -0.15) is 0 Å². The number of amides is 4. The monoisotopic (exact) mass is 526 g/mol. The minimum absolute atomic E-state index is 0.177. The average molecular weight is 527 g/mol. The molecule has 10 heteroatoms. The lowest BCUT2D eigenvalue weighted by atomic mass is 9.94. The fourth-order valence-corrected chi connectivity index (χ4v) is 3.86. The smallest absolute Gasteiger partial charge is 0.408 e. The molecule has 10 nitrogen and oxygen atoms in total. The van der Waals surface area contributed by atoms with Crippen LogP contribution < -0.4 is 16.4 Å². The minimum atomic E-state index is -1.42. The fourth-order valence-electron chi connectivity index (χ4n) is 3.86. The van der Waals surface area contributed by atoms with Crippen LogP contribution in [0.2, 0.25) is 0 Å². The number of nitrogens with two attached hydrogens (primary N) is 1. The van der Waals surface area contributed by atoms with Gasteiger partial charge in [-0.05, 0) is 53.2 Å². The SMILES string of the molecule is CC(C)(C)OC(=O)NC(CC(N)=O)C(=O)N(C(C(=O)NCc1ccccc1)c1ccccc1O)C(C)(C)C. The molecule has 0 radical (unpaired) electrons. The predicted molar refractivity (Wildman–Crippen MR) is 143 cm³/mol. The molecule has 2 unspecified atom stereocenters. The Morgan fingerprint density at radius 1 is 0.947 bits per heavy atom. The third-order valence-corrected chi connectivity index (χ3v) is 5.40. The number of nitrogens with one attached hydrogen (secondary N) is 2. The largest absolute Gasteiger partial charge is 0.508 e. The first-order valence-electron chi connectivity index (χ1n) is 12.3. The number of carbonyl (C=O) groups excluding carboxylic acids is 4. The van der Waals surface area contributed by atoms with E-state index in [0.717, 1.165) is 5.56 Å². The van der Waals surface area contributed by atoms with Crippen LogP contribution in [0.25, 0.3) is 0 Å². The molecule has 38 heavy (non-hydrogen) atoms. The number of hydrogen-bond donors (Lipinski definition) is 4. The summed E-state index contributed by atoms with van der Waals surface area (Å²) in [5, 5.41) is 16.0. The van der Waals surface area contributed by atoms with Gasteiger partial charge in [-0.15, -0.1) is 0 Å². The molecule has 0 aromatic heterocycles. The zero-order valence-corrected chi connectivity index (χ0v) is 22.8. The Hall–Kier alpha value is -4.08. The summed E-state index contributed by atoms with van der Waals surface area (Å²) in [7, 11) is 0. The van der Waals surface area contributed by atoms with E-state index in [2.05, 4.69) is 10.6 Å². The summed E-state index contributed by atoms with van der Waals surface area (Å²) in [6.45, 7) is 10.3. The molecular weight excluding hydrogens is 488 g/mol. The number of ether oxygens (including phenoxy) is 1. The molecule has 4 amide bonds. The topological polar surface area (TPSA) is 151 Å². The van der Waals surface area contributed by atoms with Gasteiger partial charge in [-0.1, -0.05) is 48.5 Å². The third-order valence-electron chi connectivity index (χ3n) is 5.40. The van der Waals surface area contributed by atoms with Crippen LogP contribution in [-0.4, -0.2) is 51.0 Å². The maximum absolute atomic E-state index is 14.0. The number of phenols is 1. The Morgan fingerprint density at radius 3 is 2.05 bits per heavy atom. The molecule has 2 aromatic carbocycles. The zero-order valence-electron chi connectivity index (χ0n) is 22.8. The number of aromatic hydroxyl groups is 1. The first-order valence-corrected chi connectivity index (χ1v) is 12.3. The molecule has 0 aliphatic carbocycles. The Kier molecular flexibility index (Phi) is 9.87. The van der Waals surface area contributed by atoms with Gasteiger partial charge in [0.25, 0.3) is 0 Å². The number of rotatable bonds is 9. The molecule has 2 atom stereocenters. The first kappa shape index (κ1) is 30.1. The molecule has 0 saturated heterocycles. The average Bonchev–Trinajstić information content (AvgIpc) is 2.79. The highest BCUT2D eigenvalue weighted by atomic mass is 16.6. The molecule has 2 rings (SSSR count). The number of primary amides is 1. The second-order valence-corrected chi connectivity index (χ2v) is 10.9. The maximum atomic E-state index is 14.0. The van der Waals surface area contributed by atoms with Crippen LogP contribution in [0.15, 0.2) is 54.6 Å². The molecule has 0 fully saturated rings. The van der Waals surface area contributed by atoms with Crippen LogP contribution in [0.3, 0.4) is 0 Å². The Balaban J connectivity index is 2.53. The quantitative estimate of drug-likeness (QED) is 0.394. The summed E-state index contributed by atoms with van der Waals surface area (Å²) in [5.74, 6) is -2.33. The molecule has 0 saturated carbocycles. The van der Waals surface area contributed by atoms with E-state index in [1.807, 2.05) is 30.3 Å². The summed E-state index contributed by atoms with van der Waals surface area (Å²) in [6, 6.07) is 12.7. The number of carbonyl (C=O) groups is 4. The van der Waals surface area contributed by atoms with E-state index in [-0.39, 0.29) is 17.9 Å². The van der Waals surface area contributed by atoms with E-state index in [1.54, 1.807) is 59.7 Å². The van der Waals surface area contributed by atoms with Crippen LogP contribution in [-0.2, 0) is 25.7 Å². The van der Waals surface area contributed by atoms with Gasteiger partial charge >= 0.3 is 6.09 Å². The summed E-state index contributed by atoms with van der Waals surface area (Å²) in [6.07, 6.45) is -1.44. The number of alkyl carbamates (subject to hydrolysis) is 1. The Morgan fingerprint density at radius 2 is 1.53 bits per heavy atom. The maximum Gasteiger partial charge on any atom is 0.408 e. The van der Waals surface area contributed by atoms with Crippen molar-refractivity contribution in [2.75, 3.05) is 0 Å². The van der Waals surface area contributed by atoms with Gasteiger partial charge in [-0.25, -0.2) is 4.79 Å². The standard InChI is InChI=1S/C28H38N4O6/c1-27(2,3)32(25(36)20(16-22(29)34)31-26(37)38-28(4,5)6)23(19-14-10-11-15-21(19)33)24(35)30-17-18-12-8-7-9-13-18/h7-15,20,23,33H,16-17H2,1-6H3,(H2,29,34)(H,30,35)(H,31,37). The van der Waals surface area contributed by atoms with Crippen molar-refractivity contribution >= 4 is 23.8 Å². The van der Waals surface area contributed by atoms with Crippen LogP contribution in [0, 0.1) is 0 Å². The van der Waals surface area contributed by atoms with Gasteiger partial charge in [-0.3, -0.25) is 14.4 Å². The first-order chi connectivity index (χ1) is 17.6. The Bertz CT molecular complexity index is 1140. The van der Waals surface area contributed by atoms with Crippen molar-refractivity contribution in [1.82, 2.24) is 15.5 Å². The van der Waals surface area contributed by atoms with Crippen LogP contribution in [0.1, 0.15) is 65.1 Å². The third kappa shape index (κ3) is 8.79. The van der Waals surface area contributed by atoms with Gasteiger partial charge in [0, 0.05) is 17.6 Å². The van der Waals surface area contributed by atoms with Crippen molar-refractivity contribution in [3.05, 3.63) is 65.7 Å². The van der Waals surface area contributed by atoms with E-state index >= 15 is 0 Å². The van der Waals surface area contributed by atoms with Crippen molar-refractivity contribution < 1.29 is 29.0 Å². The van der Waals surface area contributed by atoms with E-state index in [9.17, 15) is 24.3 Å². The number of hydrogen-bond acceptors (Lipinski definition) is 6. The minimum Gasteiger partial charge on any atom is -0.508 e. The van der Waals surface area contributed by atoms with Crippen LogP contribution in [0.5, 0.6) is 5.75 Å². The van der Waals surface area contributed by atoms with E-state index in [4.69, 9.17) is 10.5 Å². The lowest BCUT2D eigenvalue weighted by molar-refractivity contribution is -0.149. The molecule has 0 bridgehead atoms. The van der Waals surface area contributed by atoms with Crippen molar-refractivity contribution in [3.63, 3.8) is 0 Å².